The molecule has 1 aliphatic carbocycles. The van der Waals surface area contributed by atoms with E-state index in [1.54, 1.807) is 0 Å². The summed E-state index contributed by atoms with van der Waals surface area (Å²) in [6.07, 6.45) is 7.92. The molecule has 0 aromatic rings. The smallest absolute Gasteiger partial charge is 0.223 e. The minimum atomic E-state index is -0.432. The van der Waals surface area contributed by atoms with Crippen LogP contribution in [0.15, 0.2) is 0 Å². The van der Waals surface area contributed by atoms with Crippen molar-refractivity contribution in [3.8, 4) is 0 Å². The van der Waals surface area contributed by atoms with E-state index in [-0.39, 0.29) is 11.8 Å². The Kier molecular flexibility index (Phi) is 6.93. The highest BCUT2D eigenvalue weighted by Crippen LogP contribution is 2.33. The Morgan fingerprint density at radius 2 is 1.80 bits per heavy atom. The van der Waals surface area contributed by atoms with Crippen molar-refractivity contribution in [2.24, 2.45) is 17.6 Å². The lowest BCUT2D eigenvalue weighted by Crippen LogP contribution is -2.59. The van der Waals surface area contributed by atoms with Crippen LogP contribution >= 0.6 is 12.2 Å². The first-order valence-electron chi connectivity index (χ1n) is 8.07. The van der Waals surface area contributed by atoms with Crippen LogP contribution in [-0.2, 0) is 4.79 Å². The van der Waals surface area contributed by atoms with Gasteiger partial charge in [-0.05, 0) is 44.4 Å². The number of carbonyl (C=O) groups is 1. The first-order valence-corrected chi connectivity index (χ1v) is 8.48. The predicted molar refractivity (Wildman–Crippen MR) is 88.6 cm³/mol. The Bertz CT molecular complexity index is 329. The molecule has 0 bridgehead atoms. The molecule has 0 aliphatic heterocycles. The highest BCUT2D eigenvalue weighted by molar-refractivity contribution is 7.80. The van der Waals surface area contributed by atoms with Gasteiger partial charge in [-0.2, -0.15) is 0 Å². The van der Waals surface area contributed by atoms with E-state index in [0.717, 1.165) is 51.4 Å². The normalized spacial score (nSPS) is 26.5. The minimum Gasteiger partial charge on any atom is -0.391 e. The number of nitrogens with one attached hydrogen (secondary N) is 1. The highest BCUT2D eigenvalue weighted by Gasteiger charge is 2.39. The molecule has 0 heterocycles. The van der Waals surface area contributed by atoms with Gasteiger partial charge in [-0.3, -0.25) is 4.79 Å². The van der Waals surface area contributed by atoms with Gasteiger partial charge in [0.1, 0.15) is 0 Å². The van der Waals surface area contributed by atoms with Crippen molar-refractivity contribution in [1.29, 1.82) is 0 Å². The monoisotopic (exact) mass is 298 g/mol. The van der Waals surface area contributed by atoms with Crippen molar-refractivity contribution in [3.05, 3.63) is 0 Å². The van der Waals surface area contributed by atoms with Crippen molar-refractivity contribution >= 4 is 23.1 Å². The molecule has 116 valence electrons. The van der Waals surface area contributed by atoms with E-state index in [9.17, 15) is 4.79 Å². The average molecular weight is 298 g/mol. The van der Waals surface area contributed by atoms with E-state index in [4.69, 9.17) is 18.0 Å². The molecule has 0 spiro atoms. The summed E-state index contributed by atoms with van der Waals surface area (Å²) in [5, 5.41) is 3.22. The molecule has 0 unspecified atom stereocenters. The zero-order chi connectivity index (χ0) is 15.2. The van der Waals surface area contributed by atoms with E-state index < -0.39 is 5.54 Å². The van der Waals surface area contributed by atoms with Gasteiger partial charge in [-0.15, -0.1) is 0 Å². The second kappa shape index (κ2) is 7.96. The zero-order valence-electron chi connectivity index (χ0n) is 13.2. The van der Waals surface area contributed by atoms with Crippen LogP contribution in [-0.4, -0.2) is 16.4 Å². The molecule has 0 atom stereocenters. The fraction of sp³-hybridized carbons (Fsp3) is 0.875. The van der Waals surface area contributed by atoms with E-state index in [0.29, 0.717) is 10.9 Å². The zero-order valence-corrected chi connectivity index (χ0v) is 14.0. The van der Waals surface area contributed by atoms with E-state index in [2.05, 4.69) is 26.1 Å². The van der Waals surface area contributed by atoms with E-state index in [1.807, 2.05) is 0 Å². The molecule has 20 heavy (non-hydrogen) atoms. The molecule has 3 nitrogen and oxygen atoms in total. The van der Waals surface area contributed by atoms with Crippen LogP contribution in [0.3, 0.4) is 0 Å². The largest absolute Gasteiger partial charge is 0.391 e. The Labute approximate surface area is 129 Å². The third-order valence-corrected chi connectivity index (χ3v) is 5.00. The van der Waals surface area contributed by atoms with Crippen molar-refractivity contribution in [1.82, 2.24) is 5.32 Å². The second-order valence-electron chi connectivity index (χ2n) is 6.39. The maximum Gasteiger partial charge on any atom is 0.223 e. The van der Waals surface area contributed by atoms with Crippen LogP contribution in [0.2, 0.25) is 0 Å². The summed E-state index contributed by atoms with van der Waals surface area (Å²) in [4.78, 5) is 13.0. The summed E-state index contributed by atoms with van der Waals surface area (Å²) in [5.41, 5.74) is 5.53. The summed E-state index contributed by atoms with van der Waals surface area (Å²) in [6.45, 7) is 6.51. The average Bonchev–Trinajstić information content (AvgIpc) is 2.41. The van der Waals surface area contributed by atoms with Crippen molar-refractivity contribution in [2.45, 2.75) is 77.7 Å². The van der Waals surface area contributed by atoms with Gasteiger partial charge in [-0.1, -0.05) is 45.8 Å². The maximum atomic E-state index is 12.6. The van der Waals surface area contributed by atoms with Gasteiger partial charge >= 0.3 is 0 Å². The fourth-order valence-corrected chi connectivity index (χ4v) is 3.38. The Balaban J connectivity index is 2.74. The molecule has 3 N–H and O–H groups in total. The maximum absolute atomic E-state index is 12.6. The van der Waals surface area contributed by atoms with Gasteiger partial charge in [0.25, 0.3) is 0 Å². The molecule has 1 saturated carbocycles. The highest BCUT2D eigenvalue weighted by atomic mass is 32.1. The van der Waals surface area contributed by atoms with Crippen molar-refractivity contribution < 1.29 is 4.79 Å². The lowest BCUT2D eigenvalue weighted by molar-refractivity contribution is -0.127. The van der Waals surface area contributed by atoms with Gasteiger partial charge in [0.15, 0.2) is 0 Å². The Morgan fingerprint density at radius 1 is 1.30 bits per heavy atom. The molecule has 0 saturated heterocycles. The van der Waals surface area contributed by atoms with Gasteiger partial charge in [0.2, 0.25) is 5.91 Å². The second-order valence-corrected chi connectivity index (χ2v) is 6.83. The van der Waals surface area contributed by atoms with Crippen LogP contribution in [0.25, 0.3) is 0 Å². The van der Waals surface area contributed by atoms with Gasteiger partial charge < -0.3 is 11.1 Å². The Hall–Kier alpha value is -0.640. The van der Waals surface area contributed by atoms with Crippen LogP contribution in [0.1, 0.15) is 72.1 Å². The number of nitrogens with two attached hydrogens (primary N) is 1. The summed E-state index contributed by atoms with van der Waals surface area (Å²) in [5.74, 6) is 0.961. The van der Waals surface area contributed by atoms with Crippen LogP contribution in [0, 0.1) is 11.8 Å². The molecule has 1 amide bonds. The molecule has 0 aromatic heterocycles. The Morgan fingerprint density at radius 3 is 2.20 bits per heavy atom. The summed E-state index contributed by atoms with van der Waals surface area (Å²) in [7, 11) is 0. The lowest BCUT2D eigenvalue weighted by atomic mass is 9.76. The molecule has 1 aliphatic rings. The first kappa shape index (κ1) is 17.4. The number of amides is 1. The fourth-order valence-electron chi connectivity index (χ4n) is 3.13. The molecule has 4 heteroatoms. The predicted octanol–water partition coefficient (Wildman–Crippen LogP) is 3.55. The molecule has 1 rings (SSSR count). The van der Waals surface area contributed by atoms with Crippen LogP contribution in [0.4, 0.5) is 0 Å². The molecule has 0 aromatic carbocycles. The summed E-state index contributed by atoms with van der Waals surface area (Å²) in [6, 6.07) is 0. The first-order chi connectivity index (χ1) is 9.45. The summed E-state index contributed by atoms with van der Waals surface area (Å²) >= 11 is 5.26. The SMILES string of the molecule is CCCC(CCC)C(=O)NC1(C(N)=S)CCC(C)CC1. The third kappa shape index (κ3) is 4.44. The van der Waals surface area contributed by atoms with Gasteiger partial charge in [-0.25, -0.2) is 0 Å². The third-order valence-electron chi connectivity index (χ3n) is 4.61. The molecular weight excluding hydrogens is 268 g/mol. The number of hydrogen-bond donors (Lipinski definition) is 2. The van der Waals surface area contributed by atoms with Crippen molar-refractivity contribution in [2.75, 3.05) is 0 Å². The number of rotatable bonds is 7. The van der Waals surface area contributed by atoms with Crippen LogP contribution in [0.5, 0.6) is 0 Å². The molecule has 1 fully saturated rings. The lowest BCUT2D eigenvalue weighted by Gasteiger charge is -2.40. The molecular formula is C16H30N2OS. The topological polar surface area (TPSA) is 55.1 Å². The number of carbonyl (C=O) groups excluding carboxylic acids is 1. The van der Waals surface area contributed by atoms with E-state index >= 15 is 0 Å². The number of thiocarbonyl (C=S) groups is 1. The van der Waals surface area contributed by atoms with Crippen molar-refractivity contribution in [3.63, 3.8) is 0 Å². The summed E-state index contributed by atoms with van der Waals surface area (Å²) < 4.78 is 0. The minimum absolute atomic E-state index is 0.107. The standard InChI is InChI=1S/C16H30N2OS/c1-4-6-13(7-5-2)14(19)18-16(15(17)20)10-8-12(3)9-11-16/h12-13H,4-11H2,1-3H3,(H2,17,20)(H,18,19). The quantitative estimate of drug-likeness (QED) is 0.707. The van der Waals surface area contributed by atoms with Crippen LogP contribution < -0.4 is 11.1 Å². The van der Waals surface area contributed by atoms with Gasteiger partial charge in [0, 0.05) is 5.92 Å². The number of hydrogen-bond acceptors (Lipinski definition) is 2. The van der Waals surface area contributed by atoms with E-state index in [1.165, 1.54) is 0 Å². The molecule has 0 radical (unpaired) electrons. The van der Waals surface area contributed by atoms with Gasteiger partial charge in [0.05, 0.1) is 10.5 Å².